The molecule has 0 aliphatic heterocycles. The van der Waals surface area contributed by atoms with Gasteiger partial charge < -0.3 is 5.11 Å². The predicted octanol–water partition coefficient (Wildman–Crippen LogP) is 3.89. The van der Waals surface area contributed by atoms with Gasteiger partial charge in [0.25, 0.3) is 0 Å². The molecule has 3 atom stereocenters. The van der Waals surface area contributed by atoms with Crippen molar-refractivity contribution in [3.63, 3.8) is 0 Å². The monoisotopic (exact) mass is 237 g/mol. The van der Waals surface area contributed by atoms with Crippen LogP contribution in [0, 0.1) is 29.1 Å². The molecule has 0 saturated heterocycles. The van der Waals surface area contributed by atoms with Crippen molar-refractivity contribution in [2.24, 2.45) is 17.8 Å². The molecule has 1 rings (SSSR count). The molecule has 17 heavy (non-hydrogen) atoms. The molecule has 1 saturated carbocycles. The smallest absolute Gasteiger partial charge is 0.0805 e. The first-order chi connectivity index (χ1) is 8.03. The molecule has 0 heterocycles. The van der Waals surface area contributed by atoms with Crippen molar-refractivity contribution in [1.29, 1.82) is 5.26 Å². The fourth-order valence-electron chi connectivity index (χ4n) is 3.13. The van der Waals surface area contributed by atoms with E-state index in [0.29, 0.717) is 5.92 Å². The van der Waals surface area contributed by atoms with Crippen LogP contribution < -0.4 is 0 Å². The van der Waals surface area contributed by atoms with Crippen LogP contribution in [0.1, 0.15) is 65.7 Å². The van der Waals surface area contributed by atoms with E-state index in [1.54, 1.807) is 0 Å². The minimum Gasteiger partial charge on any atom is -0.389 e. The molecule has 1 aliphatic rings. The van der Waals surface area contributed by atoms with Gasteiger partial charge in [0.15, 0.2) is 0 Å². The van der Waals surface area contributed by atoms with Crippen molar-refractivity contribution in [3.8, 4) is 6.07 Å². The summed E-state index contributed by atoms with van der Waals surface area (Å²) in [7, 11) is 0. The van der Waals surface area contributed by atoms with E-state index >= 15 is 0 Å². The van der Waals surface area contributed by atoms with Gasteiger partial charge in [0.2, 0.25) is 0 Å². The highest BCUT2D eigenvalue weighted by molar-refractivity contribution is 4.99. The van der Waals surface area contributed by atoms with Crippen LogP contribution in [-0.2, 0) is 0 Å². The summed E-state index contributed by atoms with van der Waals surface area (Å²) >= 11 is 0. The van der Waals surface area contributed by atoms with Crippen LogP contribution in [0.2, 0.25) is 0 Å². The zero-order chi connectivity index (χ0) is 12.9. The van der Waals surface area contributed by atoms with Crippen molar-refractivity contribution < 1.29 is 5.11 Å². The van der Waals surface area contributed by atoms with E-state index in [0.717, 1.165) is 44.4 Å². The summed E-state index contributed by atoms with van der Waals surface area (Å²) < 4.78 is 0. The van der Waals surface area contributed by atoms with E-state index in [-0.39, 0.29) is 5.92 Å². The fourth-order valence-corrected chi connectivity index (χ4v) is 3.13. The average molecular weight is 237 g/mol. The lowest BCUT2D eigenvalue weighted by Gasteiger charge is -2.31. The van der Waals surface area contributed by atoms with Gasteiger partial charge in [0, 0.05) is 0 Å². The molecule has 0 aromatic heterocycles. The van der Waals surface area contributed by atoms with Gasteiger partial charge in [-0.15, -0.1) is 0 Å². The molecule has 1 N–H and O–H groups in total. The van der Waals surface area contributed by atoms with Gasteiger partial charge in [0.05, 0.1) is 17.6 Å². The van der Waals surface area contributed by atoms with Crippen LogP contribution in [0.3, 0.4) is 0 Å². The van der Waals surface area contributed by atoms with Crippen LogP contribution >= 0.6 is 0 Å². The van der Waals surface area contributed by atoms with Gasteiger partial charge in [-0.05, 0) is 37.5 Å². The van der Waals surface area contributed by atoms with Crippen molar-refractivity contribution in [2.75, 3.05) is 0 Å². The summed E-state index contributed by atoms with van der Waals surface area (Å²) in [5, 5.41) is 20.0. The third kappa shape index (κ3) is 3.71. The summed E-state index contributed by atoms with van der Waals surface area (Å²) in [5.74, 6) is 1.26. The Morgan fingerprint density at radius 1 is 1.35 bits per heavy atom. The molecular weight excluding hydrogens is 210 g/mol. The highest BCUT2D eigenvalue weighted by atomic mass is 16.3. The van der Waals surface area contributed by atoms with Crippen LogP contribution in [0.4, 0.5) is 0 Å². The lowest BCUT2D eigenvalue weighted by molar-refractivity contribution is -0.0162. The van der Waals surface area contributed by atoms with Gasteiger partial charge in [0.1, 0.15) is 0 Å². The summed E-state index contributed by atoms with van der Waals surface area (Å²) in [6.07, 6.45) is 6.80. The third-order valence-electron chi connectivity index (χ3n) is 4.46. The lowest BCUT2D eigenvalue weighted by atomic mass is 9.79. The molecule has 2 nitrogen and oxygen atoms in total. The highest BCUT2D eigenvalue weighted by Crippen LogP contribution is 2.39. The molecule has 0 radical (unpaired) electrons. The van der Waals surface area contributed by atoms with Crippen molar-refractivity contribution in [2.45, 2.75) is 71.3 Å². The Labute approximate surface area is 106 Å². The molecule has 0 aromatic rings. The quantitative estimate of drug-likeness (QED) is 0.754. The molecular formula is C15H27NO. The standard InChI is InChI=1S/C15H27NO/c1-4-6-14(11-16)15(17)9-5-7-13(8-10-15)12(2)3/h12-14,17H,4-10H2,1-3H3. The maximum Gasteiger partial charge on any atom is 0.0805 e. The average Bonchev–Trinajstić information content (AvgIpc) is 2.49. The number of hydrogen-bond acceptors (Lipinski definition) is 2. The topological polar surface area (TPSA) is 44.0 Å². The summed E-state index contributed by atoms with van der Waals surface area (Å²) in [4.78, 5) is 0. The Hall–Kier alpha value is -0.550. The van der Waals surface area contributed by atoms with Crippen molar-refractivity contribution >= 4 is 0 Å². The van der Waals surface area contributed by atoms with E-state index in [4.69, 9.17) is 0 Å². The van der Waals surface area contributed by atoms with E-state index in [1.165, 1.54) is 6.42 Å². The van der Waals surface area contributed by atoms with Crippen LogP contribution in [-0.4, -0.2) is 10.7 Å². The van der Waals surface area contributed by atoms with Crippen LogP contribution in [0.15, 0.2) is 0 Å². The molecule has 2 heteroatoms. The number of nitrogens with zero attached hydrogens (tertiary/aromatic N) is 1. The predicted molar refractivity (Wildman–Crippen MR) is 70.4 cm³/mol. The molecule has 3 unspecified atom stereocenters. The second kappa shape index (κ2) is 6.40. The number of rotatable bonds is 4. The van der Waals surface area contributed by atoms with Crippen molar-refractivity contribution in [3.05, 3.63) is 0 Å². The lowest BCUT2D eigenvalue weighted by Crippen LogP contribution is -2.36. The summed E-state index contributed by atoms with van der Waals surface area (Å²) in [5.41, 5.74) is -0.714. The summed E-state index contributed by atoms with van der Waals surface area (Å²) in [6.45, 7) is 6.62. The summed E-state index contributed by atoms with van der Waals surface area (Å²) in [6, 6.07) is 2.34. The maximum absolute atomic E-state index is 10.7. The van der Waals surface area contributed by atoms with E-state index in [2.05, 4.69) is 26.8 Å². The molecule has 0 aromatic carbocycles. The van der Waals surface area contributed by atoms with Crippen LogP contribution in [0.5, 0.6) is 0 Å². The SMILES string of the molecule is CCCC(C#N)C1(O)CCCC(C(C)C)CC1. The van der Waals surface area contributed by atoms with E-state index in [9.17, 15) is 10.4 Å². The number of nitriles is 1. The third-order valence-corrected chi connectivity index (χ3v) is 4.46. The zero-order valence-electron chi connectivity index (χ0n) is 11.6. The van der Waals surface area contributed by atoms with E-state index in [1.807, 2.05) is 0 Å². The van der Waals surface area contributed by atoms with E-state index < -0.39 is 5.60 Å². The second-order valence-corrected chi connectivity index (χ2v) is 6.01. The first-order valence-corrected chi connectivity index (χ1v) is 7.15. The molecule has 0 spiro atoms. The second-order valence-electron chi connectivity index (χ2n) is 6.01. The Morgan fingerprint density at radius 3 is 2.59 bits per heavy atom. The Balaban J connectivity index is 2.67. The Kier molecular flexibility index (Phi) is 5.46. The number of hydrogen-bond donors (Lipinski definition) is 1. The molecule has 98 valence electrons. The maximum atomic E-state index is 10.7. The zero-order valence-corrected chi connectivity index (χ0v) is 11.6. The number of aliphatic hydroxyl groups is 1. The molecule has 0 amide bonds. The van der Waals surface area contributed by atoms with Gasteiger partial charge >= 0.3 is 0 Å². The van der Waals surface area contributed by atoms with Crippen molar-refractivity contribution in [1.82, 2.24) is 0 Å². The Morgan fingerprint density at radius 2 is 2.06 bits per heavy atom. The fraction of sp³-hybridized carbons (Fsp3) is 0.933. The molecule has 1 fully saturated rings. The minimum atomic E-state index is -0.714. The van der Waals surface area contributed by atoms with Gasteiger partial charge in [-0.3, -0.25) is 0 Å². The molecule has 0 bridgehead atoms. The molecule has 1 aliphatic carbocycles. The first-order valence-electron chi connectivity index (χ1n) is 7.15. The normalized spacial score (nSPS) is 31.9. The van der Waals surface area contributed by atoms with Gasteiger partial charge in [-0.2, -0.15) is 5.26 Å². The largest absolute Gasteiger partial charge is 0.389 e. The van der Waals surface area contributed by atoms with Gasteiger partial charge in [-0.1, -0.05) is 40.0 Å². The Bertz CT molecular complexity index is 269. The van der Waals surface area contributed by atoms with Gasteiger partial charge in [-0.25, -0.2) is 0 Å². The minimum absolute atomic E-state index is 0.168. The van der Waals surface area contributed by atoms with Crippen LogP contribution in [0.25, 0.3) is 0 Å². The highest BCUT2D eigenvalue weighted by Gasteiger charge is 2.38. The first kappa shape index (κ1) is 14.5.